The SMILES string of the molecule is COc1ccc(Br)cc1C(c1ccc(F)cc1)N1CCNCC1. The van der Waals surface area contributed by atoms with Crippen molar-refractivity contribution in [2.24, 2.45) is 0 Å². The zero-order chi connectivity index (χ0) is 16.2. The van der Waals surface area contributed by atoms with Gasteiger partial charge in [-0.15, -0.1) is 0 Å². The number of rotatable bonds is 4. The fourth-order valence-electron chi connectivity index (χ4n) is 3.09. The third kappa shape index (κ3) is 3.74. The van der Waals surface area contributed by atoms with Crippen molar-refractivity contribution >= 4 is 15.9 Å². The summed E-state index contributed by atoms with van der Waals surface area (Å²) in [5, 5.41) is 3.38. The number of hydrogen-bond acceptors (Lipinski definition) is 3. The number of nitrogens with zero attached hydrogens (tertiary/aromatic N) is 1. The molecule has 2 aromatic carbocycles. The van der Waals surface area contributed by atoms with Crippen molar-refractivity contribution in [3.05, 3.63) is 63.9 Å². The number of hydrogen-bond donors (Lipinski definition) is 1. The summed E-state index contributed by atoms with van der Waals surface area (Å²) in [7, 11) is 1.69. The van der Waals surface area contributed by atoms with Crippen molar-refractivity contribution in [2.75, 3.05) is 33.3 Å². The largest absolute Gasteiger partial charge is 0.496 e. The molecule has 3 nitrogen and oxygen atoms in total. The maximum Gasteiger partial charge on any atom is 0.124 e. The van der Waals surface area contributed by atoms with Gasteiger partial charge in [-0.05, 0) is 35.9 Å². The van der Waals surface area contributed by atoms with Gasteiger partial charge in [-0.2, -0.15) is 0 Å². The van der Waals surface area contributed by atoms with E-state index >= 15 is 0 Å². The first-order chi connectivity index (χ1) is 11.2. The summed E-state index contributed by atoms with van der Waals surface area (Å²) in [5.41, 5.74) is 2.17. The van der Waals surface area contributed by atoms with Crippen molar-refractivity contribution < 1.29 is 9.13 Å². The summed E-state index contributed by atoms with van der Waals surface area (Å²) in [6.07, 6.45) is 0. The zero-order valence-corrected chi connectivity index (χ0v) is 14.6. The van der Waals surface area contributed by atoms with Crippen LogP contribution in [0.25, 0.3) is 0 Å². The Kier molecular flexibility index (Phi) is 5.30. The Labute approximate surface area is 144 Å². The highest BCUT2D eigenvalue weighted by Crippen LogP contribution is 2.36. The van der Waals surface area contributed by atoms with Gasteiger partial charge in [0.2, 0.25) is 0 Å². The molecule has 0 spiro atoms. The van der Waals surface area contributed by atoms with Crippen LogP contribution in [0, 0.1) is 5.82 Å². The first-order valence-electron chi connectivity index (χ1n) is 7.72. The lowest BCUT2D eigenvalue weighted by Gasteiger charge is -2.36. The summed E-state index contributed by atoms with van der Waals surface area (Å²) in [6.45, 7) is 3.79. The standard InChI is InChI=1S/C18H20BrFN2O/c1-23-17-7-4-14(19)12-16(17)18(22-10-8-21-9-11-22)13-2-5-15(20)6-3-13/h2-7,12,18,21H,8-11H2,1H3. The molecule has 0 aliphatic carbocycles. The van der Waals surface area contributed by atoms with E-state index in [4.69, 9.17) is 4.74 Å². The lowest BCUT2D eigenvalue weighted by Crippen LogP contribution is -2.45. The molecule has 1 N–H and O–H groups in total. The molecule has 3 rings (SSSR count). The molecule has 1 aliphatic heterocycles. The van der Waals surface area contributed by atoms with Crippen molar-refractivity contribution in [1.29, 1.82) is 0 Å². The number of benzene rings is 2. The monoisotopic (exact) mass is 378 g/mol. The van der Waals surface area contributed by atoms with Crippen LogP contribution in [-0.2, 0) is 0 Å². The molecule has 1 saturated heterocycles. The molecular formula is C18H20BrFN2O. The Morgan fingerprint density at radius 3 is 2.48 bits per heavy atom. The molecular weight excluding hydrogens is 359 g/mol. The van der Waals surface area contributed by atoms with Crippen LogP contribution < -0.4 is 10.1 Å². The van der Waals surface area contributed by atoms with Crippen LogP contribution in [0.15, 0.2) is 46.9 Å². The molecule has 0 bridgehead atoms. The predicted octanol–water partition coefficient (Wildman–Crippen LogP) is 3.59. The van der Waals surface area contributed by atoms with Crippen LogP contribution in [0.5, 0.6) is 5.75 Å². The molecule has 1 fully saturated rings. The number of piperazine rings is 1. The minimum absolute atomic E-state index is 0.0464. The van der Waals surface area contributed by atoms with Crippen molar-refractivity contribution in [1.82, 2.24) is 10.2 Å². The average molecular weight is 379 g/mol. The van der Waals surface area contributed by atoms with Crippen LogP contribution in [0.4, 0.5) is 4.39 Å². The van der Waals surface area contributed by atoms with Crippen LogP contribution >= 0.6 is 15.9 Å². The summed E-state index contributed by atoms with van der Waals surface area (Å²) < 4.78 is 19.9. The molecule has 1 atom stereocenters. The van der Waals surface area contributed by atoms with E-state index in [1.54, 1.807) is 7.11 Å². The molecule has 1 unspecified atom stereocenters. The molecule has 122 valence electrons. The minimum Gasteiger partial charge on any atom is -0.496 e. The molecule has 1 aliphatic rings. The molecule has 2 aromatic rings. The molecule has 0 aromatic heterocycles. The van der Waals surface area contributed by atoms with Crippen LogP contribution in [0.1, 0.15) is 17.2 Å². The van der Waals surface area contributed by atoms with Crippen LogP contribution in [0.3, 0.4) is 0 Å². The normalized spacial score (nSPS) is 17.0. The first-order valence-corrected chi connectivity index (χ1v) is 8.52. The molecule has 0 saturated carbocycles. The maximum absolute atomic E-state index is 13.3. The molecule has 0 radical (unpaired) electrons. The third-order valence-corrected chi connectivity index (χ3v) is 4.68. The predicted molar refractivity (Wildman–Crippen MR) is 93.4 cm³/mol. The Balaban J connectivity index is 2.07. The van der Waals surface area contributed by atoms with Gasteiger partial charge in [0.15, 0.2) is 0 Å². The van der Waals surface area contributed by atoms with E-state index < -0.39 is 0 Å². The number of ether oxygens (including phenoxy) is 1. The van der Waals surface area contributed by atoms with Crippen LogP contribution in [-0.4, -0.2) is 38.2 Å². The van der Waals surface area contributed by atoms with E-state index in [9.17, 15) is 4.39 Å². The second kappa shape index (κ2) is 7.43. The van der Waals surface area contributed by atoms with Crippen molar-refractivity contribution in [3.63, 3.8) is 0 Å². The lowest BCUT2D eigenvalue weighted by molar-refractivity contribution is 0.195. The highest BCUT2D eigenvalue weighted by molar-refractivity contribution is 9.10. The fourth-order valence-corrected chi connectivity index (χ4v) is 3.47. The molecule has 5 heteroatoms. The van der Waals surface area contributed by atoms with Gasteiger partial charge < -0.3 is 10.1 Å². The van der Waals surface area contributed by atoms with E-state index in [2.05, 4.69) is 32.2 Å². The maximum atomic E-state index is 13.3. The topological polar surface area (TPSA) is 24.5 Å². The van der Waals surface area contributed by atoms with E-state index in [0.717, 1.165) is 47.5 Å². The van der Waals surface area contributed by atoms with Gasteiger partial charge in [0.1, 0.15) is 11.6 Å². The van der Waals surface area contributed by atoms with Gasteiger partial charge in [0.25, 0.3) is 0 Å². The van der Waals surface area contributed by atoms with Crippen molar-refractivity contribution in [2.45, 2.75) is 6.04 Å². The quantitative estimate of drug-likeness (QED) is 0.879. The Morgan fingerprint density at radius 2 is 1.83 bits per heavy atom. The van der Waals surface area contributed by atoms with E-state index in [0.29, 0.717) is 0 Å². The average Bonchev–Trinajstić information content (AvgIpc) is 2.58. The minimum atomic E-state index is -0.214. The van der Waals surface area contributed by atoms with Gasteiger partial charge in [0.05, 0.1) is 13.2 Å². The van der Waals surface area contributed by atoms with E-state index in [1.165, 1.54) is 12.1 Å². The molecule has 1 heterocycles. The number of nitrogens with one attached hydrogen (secondary N) is 1. The first kappa shape index (κ1) is 16.4. The van der Waals surface area contributed by atoms with E-state index in [1.807, 2.05) is 24.3 Å². The van der Waals surface area contributed by atoms with Gasteiger partial charge >= 0.3 is 0 Å². The number of halogens is 2. The Morgan fingerprint density at radius 1 is 1.13 bits per heavy atom. The van der Waals surface area contributed by atoms with E-state index in [-0.39, 0.29) is 11.9 Å². The summed E-state index contributed by atoms with van der Waals surface area (Å²) >= 11 is 3.56. The van der Waals surface area contributed by atoms with Gasteiger partial charge in [0, 0.05) is 36.2 Å². The van der Waals surface area contributed by atoms with Gasteiger partial charge in [-0.3, -0.25) is 4.90 Å². The Bertz CT molecular complexity index is 657. The highest BCUT2D eigenvalue weighted by atomic mass is 79.9. The molecule has 0 amide bonds. The summed E-state index contributed by atoms with van der Waals surface area (Å²) in [6, 6.07) is 12.9. The second-order valence-electron chi connectivity index (χ2n) is 5.63. The summed E-state index contributed by atoms with van der Waals surface area (Å²) in [4.78, 5) is 2.41. The molecule has 23 heavy (non-hydrogen) atoms. The zero-order valence-electron chi connectivity index (χ0n) is 13.1. The van der Waals surface area contributed by atoms with Gasteiger partial charge in [-0.25, -0.2) is 4.39 Å². The highest BCUT2D eigenvalue weighted by Gasteiger charge is 2.26. The Hall–Kier alpha value is -1.43. The number of methoxy groups -OCH3 is 1. The second-order valence-corrected chi connectivity index (χ2v) is 6.54. The van der Waals surface area contributed by atoms with Gasteiger partial charge in [-0.1, -0.05) is 28.1 Å². The van der Waals surface area contributed by atoms with Crippen molar-refractivity contribution in [3.8, 4) is 5.75 Å². The third-order valence-electron chi connectivity index (χ3n) is 4.19. The fraction of sp³-hybridized carbons (Fsp3) is 0.333. The summed E-state index contributed by atoms with van der Waals surface area (Å²) in [5.74, 6) is 0.634. The smallest absolute Gasteiger partial charge is 0.124 e. The van der Waals surface area contributed by atoms with Crippen LogP contribution in [0.2, 0.25) is 0 Å². The lowest BCUT2D eigenvalue weighted by atomic mass is 9.95.